The number of Topliss-reactive ketones (excluding diaryl/α,β-unsaturated/α-hetero) is 1. The molecule has 1 unspecified atom stereocenters. The zero-order chi connectivity index (χ0) is 15.4. The van der Waals surface area contributed by atoms with E-state index in [1.165, 1.54) is 0 Å². The number of nitrogens with zero attached hydrogens (tertiary/aromatic N) is 3. The molecule has 1 N–H and O–H groups in total. The molecule has 1 aliphatic rings. The second-order valence-electron chi connectivity index (χ2n) is 5.77. The SMILES string of the molecule is CCC(CC)C(=O)NCc1cn(C(C)C(=O)C2CC2)nn1. The summed E-state index contributed by atoms with van der Waals surface area (Å²) < 4.78 is 1.60. The van der Waals surface area contributed by atoms with Crippen molar-refractivity contribution in [1.29, 1.82) is 0 Å². The Morgan fingerprint density at radius 1 is 1.38 bits per heavy atom. The summed E-state index contributed by atoms with van der Waals surface area (Å²) in [6, 6.07) is -0.270. The Balaban J connectivity index is 1.88. The third-order valence-corrected chi connectivity index (χ3v) is 4.15. The molecule has 0 aromatic carbocycles. The molecule has 1 heterocycles. The van der Waals surface area contributed by atoms with Gasteiger partial charge < -0.3 is 5.32 Å². The molecule has 0 radical (unpaired) electrons. The molecule has 0 saturated heterocycles. The predicted octanol–water partition coefficient (Wildman–Crippen LogP) is 1.87. The fraction of sp³-hybridized carbons (Fsp3) is 0.733. The monoisotopic (exact) mass is 292 g/mol. The topological polar surface area (TPSA) is 76.9 Å². The van der Waals surface area contributed by atoms with Gasteiger partial charge in [-0.3, -0.25) is 9.59 Å². The van der Waals surface area contributed by atoms with Crippen molar-refractivity contribution in [2.24, 2.45) is 11.8 Å². The quantitative estimate of drug-likeness (QED) is 0.793. The zero-order valence-corrected chi connectivity index (χ0v) is 13.0. The van der Waals surface area contributed by atoms with Crippen molar-refractivity contribution in [2.75, 3.05) is 0 Å². The smallest absolute Gasteiger partial charge is 0.223 e. The van der Waals surface area contributed by atoms with Crippen LogP contribution >= 0.6 is 0 Å². The van der Waals surface area contributed by atoms with Crippen LogP contribution in [0, 0.1) is 11.8 Å². The van der Waals surface area contributed by atoms with E-state index >= 15 is 0 Å². The molecule has 6 heteroatoms. The summed E-state index contributed by atoms with van der Waals surface area (Å²) in [5.74, 6) is 0.543. The predicted molar refractivity (Wildman–Crippen MR) is 78.4 cm³/mol. The Morgan fingerprint density at radius 2 is 2.05 bits per heavy atom. The van der Waals surface area contributed by atoms with Crippen molar-refractivity contribution in [2.45, 2.75) is 59.0 Å². The van der Waals surface area contributed by atoms with Crippen molar-refractivity contribution in [3.05, 3.63) is 11.9 Å². The highest BCUT2D eigenvalue weighted by Crippen LogP contribution is 2.33. The molecular formula is C15H24N4O2. The van der Waals surface area contributed by atoms with Crippen LogP contribution in [0.4, 0.5) is 0 Å². The van der Waals surface area contributed by atoms with E-state index in [-0.39, 0.29) is 29.6 Å². The summed E-state index contributed by atoms with van der Waals surface area (Å²) in [6.45, 7) is 6.23. The lowest BCUT2D eigenvalue weighted by Gasteiger charge is -2.11. The average molecular weight is 292 g/mol. The summed E-state index contributed by atoms with van der Waals surface area (Å²) in [4.78, 5) is 23.9. The normalized spacial score (nSPS) is 16.0. The first kappa shape index (κ1) is 15.7. The first-order chi connectivity index (χ1) is 10.1. The minimum atomic E-state index is -0.270. The van der Waals surface area contributed by atoms with Gasteiger partial charge in [0.1, 0.15) is 11.7 Å². The second-order valence-corrected chi connectivity index (χ2v) is 5.77. The number of hydrogen-bond donors (Lipinski definition) is 1. The summed E-state index contributed by atoms with van der Waals surface area (Å²) in [7, 11) is 0. The van der Waals surface area contributed by atoms with Crippen LogP contribution in [-0.2, 0) is 16.1 Å². The molecule has 2 rings (SSSR count). The fourth-order valence-electron chi connectivity index (χ4n) is 2.40. The van der Waals surface area contributed by atoms with Gasteiger partial charge in [0.05, 0.1) is 12.7 Å². The Bertz CT molecular complexity index is 504. The first-order valence-corrected chi connectivity index (χ1v) is 7.78. The van der Waals surface area contributed by atoms with Gasteiger partial charge in [-0.2, -0.15) is 0 Å². The van der Waals surface area contributed by atoms with Crippen LogP contribution in [0.15, 0.2) is 6.20 Å². The Hall–Kier alpha value is -1.72. The molecule has 1 aromatic heterocycles. The lowest BCUT2D eigenvalue weighted by atomic mass is 10.0. The summed E-state index contributed by atoms with van der Waals surface area (Å²) in [6.07, 6.45) is 5.41. The van der Waals surface area contributed by atoms with Crippen molar-refractivity contribution >= 4 is 11.7 Å². The van der Waals surface area contributed by atoms with E-state index in [1.54, 1.807) is 10.9 Å². The maximum atomic E-state index is 12.0. The summed E-state index contributed by atoms with van der Waals surface area (Å²) in [5.41, 5.74) is 0.685. The number of ketones is 1. The highest BCUT2D eigenvalue weighted by Gasteiger charge is 2.33. The molecule has 21 heavy (non-hydrogen) atoms. The van der Waals surface area contributed by atoms with Crippen LogP contribution in [0.2, 0.25) is 0 Å². The van der Waals surface area contributed by atoms with Gasteiger partial charge in [0, 0.05) is 11.8 Å². The molecule has 0 spiro atoms. The maximum Gasteiger partial charge on any atom is 0.223 e. The Morgan fingerprint density at radius 3 is 2.62 bits per heavy atom. The Labute approximate surface area is 125 Å². The van der Waals surface area contributed by atoms with Crippen LogP contribution in [0.1, 0.15) is 58.2 Å². The molecule has 1 amide bonds. The van der Waals surface area contributed by atoms with E-state index in [2.05, 4.69) is 15.6 Å². The van der Waals surface area contributed by atoms with Gasteiger partial charge in [0.25, 0.3) is 0 Å². The van der Waals surface area contributed by atoms with Crippen LogP contribution in [-0.4, -0.2) is 26.7 Å². The molecule has 6 nitrogen and oxygen atoms in total. The van der Waals surface area contributed by atoms with Crippen molar-refractivity contribution in [3.63, 3.8) is 0 Å². The highest BCUT2D eigenvalue weighted by molar-refractivity contribution is 5.86. The lowest BCUT2D eigenvalue weighted by Crippen LogP contribution is -2.29. The van der Waals surface area contributed by atoms with Gasteiger partial charge in [-0.15, -0.1) is 5.10 Å². The zero-order valence-electron chi connectivity index (χ0n) is 13.0. The van der Waals surface area contributed by atoms with E-state index in [0.717, 1.165) is 25.7 Å². The molecular weight excluding hydrogens is 268 g/mol. The standard InChI is InChI=1S/C15H24N4O2/c1-4-11(5-2)15(21)16-8-13-9-19(18-17-13)10(3)14(20)12-6-7-12/h9-12H,4-8H2,1-3H3,(H,16,21). The van der Waals surface area contributed by atoms with E-state index in [9.17, 15) is 9.59 Å². The average Bonchev–Trinajstić information content (AvgIpc) is 3.23. The number of aromatic nitrogens is 3. The maximum absolute atomic E-state index is 12.0. The molecule has 1 aromatic rings. The van der Waals surface area contributed by atoms with Gasteiger partial charge in [-0.1, -0.05) is 19.1 Å². The number of hydrogen-bond acceptors (Lipinski definition) is 4. The Kier molecular flexibility index (Phi) is 5.09. The third kappa shape index (κ3) is 3.89. The molecule has 0 aliphatic heterocycles. The minimum absolute atomic E-state index is 0.0513. The third-order valence-electron chi connectivity index (χ3n) is 4.15. The van der Waals surface area contributed by atoms with Crippen LogP contribution in [0.5, 0.6) is 0 Å². The highest BCUT2D eigenvalue weighted by atomic mass is 16.2. The van der Waals surface area contributed by atoms with Gasteiger partial charge in [0.2, 0.25) is 5.91 Å². The molecule has 116 valence electrons. The van der Waals surface area contributed by atoms with E-state index in [4.69, 9.17) is 0 Å². The second kappa shape index (κ2) is 6.83. The largest absolute Gasteiger partial charge is 0.350 e. The summed E-state index contributed by atoms with van der Waals surface area (Å²) >= 11 is 0. The van der Waals surface area contributed by atoms with Gasteiger partial charge >= 0.3 is 0 Å². The van der Waals surface area contributed by atoms with Crippen molar-refractivity contribution in [1.82, 2.24) is 20.3 Å². The summed E-state index contributed by atoms with van der Waals surface area (Å²) in [5, 5.41) is 10.9. The van der Waals surface area contributed by atoms with Crippen LogP contribution < -0.4 is 5.32 Å². The van der Waals surface area contributed by atoms with Crippen LogP contribution in [0.3, 0.4) is 0 Å². The van der Waals surface area contributed by atoms with Gasteiger partial charge in [-0.05, 0) is 32.6 Å². The van der Waals surface area contributed by atoms with Gasteiger partial charge in [-0.25, -0.2) is 4.68 Å². The first-order valence-electron chi connectivity index (χ1n) is 7.78. The lowest BCUT2D eigenvalue weighted by molar-refractivity contribution is -0.125. The molecule has 0 bridgehead atoms. The van der Waals surface area contributed by atoms with Crippen LogP contribution in [0.25, 0.3) is 0 Å². The van der Waals surface area contributed by atoms with Gasteiger partial charge in [0.15, 0.2) is 5.78 Å². The number of nitrogens with one attached hydrogen (secondary N) is 1. The minimum Gasteiger partial charge on any atom is -0.350 e. The fourth-order valence-corrected chi connectivity index (χ4v) is 2.40. The van der Waals surface area contributed by atoms with E-state index in [0.29, 0.717) is 12.2 Å². The van der Waals surface area contributed by atoms with E-state index in [1.807, 2.05) is 20.8 Å². The molecule has 1 saturated carbocycles. The van der Waals surface area contributed by atoms with Crippen molar-refractivity contribution in [3.8, 4) is 0 Å². The van der Waals surface area contributed by atoms with Crippen molar-refractivity contribution < 1.29 is 9.59 Å². The number of rotatable bonds is 8. The number of carbonyl (C=O) groups excluding carboxylic acids is 2. The molecule has 1 atom stereocenters. The number of amides is 1. The van der Waals surface area contributed by atoms with E-state index < -0.39 is 0 Å². The molecule has 1 fully saturated rings. The molecule has 1 aliphatic carbocycles. The number of carbonyl (C=O) groups is 2.